The number of ether oxygens (including phenoxy) is 2. The van der Waals surface area contributed by atoms with Crippen LogP contribution in [0.15, 0.2) is 30.3 Å². The minimum Gasteiger partial charge on any atom is -0.480 e. The summed E-state index contributed by atoms with van der Waals surface area (Å²) in [6.07, 6.45) is -0.113. The number of carboxylic acid groups (broad SMARTS) is 1. The fourth-order valence-corrected chi connectivity index (χ4v) is 3.30. The summed E-state index contributed by atoms with van der Waals surface area (Å²) in [5.41, 5.74) is 5.58. The maximum Gasteiger partial charge on any atom is 0.410 e. The van der Waals surface area contributed by atoms with Crippen LogP contribution in [0.25, 0.3) is 0 Å². The molecule has 1 aromatic carbocycles. The van der Waals surface area contributed by atoms with Gasteiger partial charge in [0.05, 0.1) is 25.3 Å². The summed E-state index contributed by atoms with van der Waals surface area (Å²) in [5, 5.41) is 9.33. The molecule has 1 amide bonds. The van der Waals surface area contributed by atoms with Gasteiger partial charge in [-0.3, -0.25) is 9.69 Å². The minimum atomic E-state index is -1.31. The summed E-state index contributed by atoms with van der Waals surface area (Å²) >= 11 is 0. The van der Waals surface area contributed by atoms with Crippen molar-refractivity contribution in [3.8, 4) is 0 Å². The SMILES string of the molecule is NC1(C(=O)O)CC2COCC(C1)N2C(=O)OCc1ccccc1. The van der Waals surface area contributed by atoms with Crippen LogP contribution in [0.5, 0.6) is 0 Å². The molecule has 2 saturated heterocycles. The molecule has 3 rings (SSSR count). The molecule has 7 nitrogen and oxygen atoms in total. The highest BCUT2D eigenvalue weighted by Gasteiger charge is 2.51. The lowest BCUT2D eigenvalue weighted by Gasteiger charge is -2.49. The van der Waals surface area contributed by atoms with E-state index in [1.54, 1.807) is 4.90 Å². The maximum absolute atomic E-state index is 12.4. The number of carboxylic acids is 1. The standard InChI is InChI=1S/C16H20N2O5/c17-16(14(19)20)6-12-9-22-10-13(7-16)18(12)15(21)23-8-11-4-2-1-3-5-11/h1-5,12-13H,6-10,17H2,(H,19,20). The van der Waals surface area contributed by atoms with E-state index < -0.39 is 17.6 Å². The van der Waals surface area contributed by atoms with Crippen LogP contribution in [-0.2, 0) is 20.9 Å². The molecule has 2 fully saturated rings. The summed E-state index contributed by atoms with van der Waals surface area (Å²) in [7, 11) is 0. The van der Waals surface area contributed by atoms with E-state index >= 15 is 0 Å². The van der Waals surface area contributed by atoms with Crippen LogP contribution in [-0.4, -0.2) is 52.9 Å². The summed E-state index contributed by atoms with van der Waals surface area (Å²) < 4.78 is 10.8. The van der Waals surface area contributed by atoms with Gasteiger partial charge in [-0.1, -0.05) is 30.3 Å². The second-order valence-corrected chi connectivity index (χ2v) is 6.16. The molecule has 23 heavy (non-hydrogen) atoms. The molecule has 0 aromatic heterocycles. The van der Waals surface area contributed by atoms with E-state index in [1.807, 2.05) is 30.3 Å². The van der Waals surface area contributed by atoms with Crippen LogP contribution < -0.4 is 5.73 Å². The molecule has 1 aromatic rings. The molecular weight excluding hydrogens is 300 g/mol. The number of rotatable bonds is 3. The van der Waals surface area contributed by atoms with Gasteiger partial charge in [0.15, 0.2) is 0 Å². The smallest absolute Gasteiger partial charge is 0.410 e. The Morgan fingerprint density at radius 2 is 1.87 bits per heavy atom. The lowest BCUT2D eigenvalue weighted by molar-refractivity contribution is -0.152. The lowest BCUT2D eigenvalue weighted by atomic mass is 9.79. The highest BCUT2D eigenvalue weighted by Crippen LogP contribution is 2.33. The number of amides is 1. The Labute approximate surface area is 134 Å². The molecular formula is C16H20N2O5. The van der Waals surface area contributed by atoms with Crippen LogP contribution in [0, 0.1) is 0 Å². The average molecular weight is 320 g/mol. The van der Waals surface area contributed by atoms with Crippen LogP contribution in [0.2, 0.25) is 0 Å². The third kappa shape index (κ3) is 3.16. The van der Waals surface area contributed by atoms with Crippen molar-refractivity contribution in [2.24, 2.45) is 5.73 Å². The molecule has 124 valence electrons. The van der Waals surface area contributed by atoms with Gasteiger partial charge in [0.2, 0.25) is 0 Å². The number of morpholine rings is 1. The quantitative estimate of drug-likeness (QED) is 0.860. The van der Waals surface area contributed by atoms with Gasteiger partial charge in [-0.05, 0) is 18.4 Å². The molecule has 7 heteroatoms. The van der Waals surface area contributed by atoms with Crippen LogP contribution in [0.4, 0.5) is 4.79 Å². The van der Waals surface area contributed by atoms with Gasteiger partial charge in [0, 0.05) is 0 Å². The Morgan fingerprint density at radius 1 is 1.26 bits per heavy atom. The molecule has 2 unspecified atom stereocenters. The largest absolute Gasteiger partial charge is 0.480 e. The number of piperidine rings is 1. The zero-order valence-electron chi connectivity index (χ0n) is 12.7. The van der Waals surface area contributed by atoms with Gasteiger partial charge in [-0.15, -0.1) is 0 Å². The van der Waals surface area contributed by atoms with Crippen LogP contribution in [0.1, 0.15) is 18.4 Å². The minimum absolute atomic E-state index is 0.166. The topological polar surface area (TPSA) is 102 Å². The van der Waals surface area contributed by atoms with Crippen LogP contribution >= 0.6 is 0 Å². The predicted molar refractivity (Wildman–Crippen MR) is 80.6 cm³/mol. The fourth-order valence-electron chi connectivity index (χ4n) is 3.30. The molecule has 3 N–H and O–H groups in total. The van der Waals surface area contributed by atoms with Crippen molar-refractivity contribution in [1.82, 2.24) is 4.90 Å². The number of carbonyl (C=O) groups excluding carboxylic acids is 1. The van der Waals surface area contributed by atoms with E-state index in [2.05, 4.69) is 0 Å². The van der Waals surface area contributed by atoms with Crippen molar-refractivity contribution < 1.29 is 24.2 Å². The molecule has 0 spiro atoms. The van der Waals surface area contributed by atoms with Crippen molar-refractivity contribution in [3.05, 3.63) is 35.9 Å². The van der Waals surface area contributed by atoms with E-state index in [1.165, 1.54) is 0 Å². The first-order chi connectivity index (χ1) is 11.0. The molecule has 2 heterocycles. The van der Waals surface area contributed by atoms with E-state index in [4.69, 9.17) is 15.2 Å². The van der Waals surface area contributed by atoms with Crippen molar-refractivity contribution in [3.63, 3.8) is 0 Å². The molecule has 0 radical (unpaired) electrons. The maximum atomic E-state index is 12.4. The first-order valence-corrected chi connectivity index (χ1v) is 7.59. The molecule has 0 saturated carbocycles. The van der Waals surface area contributed by atoms with E-state index in [0.717, 1.165) is 5.56 Å². The van der Waals surface area contributed by atoms with E-state index in [9.17, 15) is 14.7 Å². The lowest BCUT2D eigenvalue weighted by Crippen LogP contribution is -2.68. The van der Waals surface area contributed by atoms with Gasteiger partial charge in [-0.25, -0.2) is 4.79 Å². The van der Waals surface area contributed by atoms with Crippen LogP contribution in [0.3, 0.4) is 0 Å². The Bertz CT molecular complexity index is 577. The summed E-state index contributed by atoms with van der Waals surface area (Å²) in [6.45, 7) is 0.746. The predicted octanol–water partition coefficient (Wildman–Crippen LogP) is 0.969. The Morgan fingerprint density at radius 3 is 2.43 bits per heavy atom. The highest BCUT2D eigenvalue weighted by molar-refractivity contribution is 5.79. The third-order valence-electron chi connectivity index (χ3n) is 4.45. The molecule has 0 aliphatic carbocycles. The zero-order chi connectivity index (χ0) is 16.4. The Hall–Kier alpha value is -2.12. The second kappa shape index (κ2) is 6.17. The summed E-state index contributed by atoms with van der Waals surface area (Å²) in [4.78, 5) is 25.4. The fraction of sp³-hybridized carbons (Fsp3) is 0.500. The van der Waals surface area contributed by atoms with E-state index in [-0.39, 0.29) is 44.7 Å². The summed E-state index contributed by atoms with van der Waals surface area (Å²) in [6, 6.07) is 8.67. The number of aliphatic carboxylic acids is 1. The van der Waals surface area contributed by atoms with E-state index in [0.29, 0.717) is 0 Å². The zero-order valence-corrected chi connectivity index (χ0v) is 12.7. The number of hydrogen-bond acceptors (Lipinski definition) is 5. The Kier molecular flexibility index (Phi) is 4.23. The highest BCUT2D eigenvalue weighted by atomic mass is 16.6. The summed E-state index contributed by atoms with van der Waals surface area (Å²) in [5.74, 6) is -1.04. The van der Waals surface area contributed by atoms with Gasteiger partial charge in [-0.2, -0.15) is 0 Å². The third-order valence-corrected chi connectivity index (χ3v) is 4.45. The van der Waals surface area contributed by atoms with Gasteiger partial charge >= 0.3 is 12.1 Å². The van der Waals surface area contributed by atoms with Crippen molar-refractivity contribution >= 4 is 12.1 Å². The molecule has 2 bridgehead atoms. The van der Waals surface area contributed by atoms with Crippen molar-refractivity contribution in [2.45, 2.75) is 37.1 Å². The average Bonchev–Trinajstić information content (AvgIpc) is 2.52. The van der Waals surface area contributed by atoms with Crippen molar-refractivity contribution in [1.29, 1.82) is 0 Å². The van der Waals surface area contributed by atoms with Gasteiger partial charge < -0.3 is 20.3 Å². The van der Waals surface area contributed by atoms with Gasteiger partial charge in [0.25, 0.3) is 0 Å². The Balaban J connectivity index is 1.68. The number of hydrogen-bond donors (Lipinski definition) is 2. The monoisotopic (exact) mass is 320 g/mol. The number of benzene rings is 1. The molecule has 2 aliphatic rings. The number of fused-ring (bicyclic) bond motifs is 2. The van der Waals surface area contributed by atoms with Crippen molar-refractivity contribution in [2.75, 3.05) is 13.2 Å². The van der Waals surface area contributed by atoms with Gasteiger partial charge in [0.1, 0.15) is 12.1 Å². The number of nitrogens with zero attached hydrogens (tertiary/aromatic N) is 1. The number of nitrogens with two attached hydrogens (primary N) is 1. The second-order valence-electron chi connectivity index (χ2n) is 6.16. The molecule has 2 aliphatic heterocycles. The first-order valence-electron chi connectivity index (χ1n) is 7.59. The molecule has 2 atom stereocenters. The first kappa shape index (κ1) is 15.8. The normalized spacial score (nSPS) is 29.9. The number of carbonyl (C=O) groups is 2.